The number of oxazole rings is 1. The number of rotatable bonds is 1. The minimum absolute atomic E-state index is 0.172. The summed E-state index contributed by atoms with van der Waals surface area (Å²) in [5, 5.41) is 5.87. The van der Waals surface area contributed by atoms with Crippen LogP contribution in [0.1, 0.15) is 12.1 Å². The molecule has 120 valence electrons. The van der Waals surface area contributed by atoms with Gasteiger partial charge in [-0.25, -0.2) is 4.68 Å². The molecule has 0 aliphatic carbocycles. The van der Waals surface area contributed by atoms with Crippen molar-refractivity contribution >= 4 is 43.9 Å². The number of aromatic nitrogens is 3. The number of nitrogens with two attached hydrogens (primary N) is 1. The number of anilines is 1. The molecule has 7 heteroatoms. The summed E-state index contributed by atoms with van der Waals surface area (Å²) in [6.45, 7) is 0.707. The van der Waals surface area contributed by atoms with Crippen molar-refractivity contribution in [3.05, 3.63) is 40.5 Å². The zero-order valence-electron chi connectivity index (χ0n) is 12.6. The Morgan fingerprint density at radius 1 is 1.17 bits per heavy atom. The van der Waals surface area contributed by atoms with Gasteiger partial charge < -0.3 is 14.9 Å². The molecule has 4 aromatic rings. The van der Waals surface area contributed by atoms with Gasteiger partial charge in [0.05, 0.1) is 28.9 Å². The van der Waals surface area contributed by atoms with Gasteiger partial charge in [-0.05, 0) is 43.2 Å². The van der Waals surface area contributed by atoms with Gasteiger partial charge in [0.25, 0.3) is 6.01 Å². The van der Waals surface area contributed by atoms with E-state index >= 15 is 0 Å². The Hall–Kier alpha value is -2.54. The monoisotopic (exact) mass is 384 g/mol. The van der Waals surface area contributed by atoms with E-state index in [1.165, 1.54) is 0 Å². The topological polar surface area (TPSA) is 79.1 Å². The molecule has 0 radical (unpaired) electrons. The first-order valence-electron chi connectivity index (χ1n) is 7.69. The van der Waals surface area contributed by atoms with Crippen LogP contribution in [0.2, 0.25) is 0 Å². The summed E-state index contributed by atoms with van der Waals surface area (Å²) >= 11 is 3.53. The van der Waals surface area contributed by atoms with Gasteiger partial charge in [-0.1, -0.05) is 15.9 Å². The maximum Gasteiger partial charge on any atom is 0.292 e. The van der Waals surface area contributed by atoms with Crippen LogP contribution in [0.15, 0.2) is 39.2 Å². The standard InChI is InChI=1S/C17H13BrN4O2/c18-9-6-12-16-13(2-1-5-23-15(16)7-9)22(21-12)10-3-4-14-11(8-10)20-17(19)24-14/h3-4,6-8H,1-2,5H2,(H2,19,20). The summed E-state index contributed by atoms with van der Waals surface area (Å²) < 4.78 is 14.2. The number of hydrogen-bond donors (Lipinski definition) is 1. The van der Waals surface area contributed by atoms with E-state index in [0.717, 1.165) is 50.9 Å². The fraction of sp³-hybridized carbons (Fsp3) is 0.176. The van der Waals surface area contributed by atoms with Crippen LogP contribution in [0.25, 0.3) is 27.7 Å². The number of benzene rings is 2. The van der Waals surface area contributed by atoms with Crippen LogP contribution in [0, 0.1) is 0 Å². The first kappa shape index (κ1) is 13.9. The molecule has 0 amide bonds. The van der Waals surface area contributed by atoms with E-state index in [-0.39, 0.29) is 6.01 Å². The van der Waals surface area contributed by atoms with Crippen molar-refractivity contribution in [3.63, 3.8) is 0 Å². The lowest BCUT2D eigenvalue weighted by Gasteiger charge is -2.06. The molecule has 2 N–H and O–H groups in total. The van der Waals surface area contributed by atoms with Crippen LogP contribution in [0.3, 0.4) is 0 Å². The number of halogens is 1. The van der Waals surface area contributed by atoms with Gasteiger partial charge in [0.15, 0.2) is 5.58 Å². The number of nitrogen functional groups attached to an aromatic ring is 1. The molecule has 6 nitrogen and oxygen atoms in total. The highest BCUT2D eigenvalue weighted by molar-refractivity contribution is 9.10. The molecule has 2 aromatic carbocycles. The summed E-state index contributed by atoms with van der Waals surface area (Å²) in [4.78, 5) is 4.21. The van der Waals surface area contributed by atoms with Gasteiger partial charge in [-0.15, -0.1) is 0 Å². The molecule has 3 heterocycles. The summed E-state index contributed by atoms with van der Waals surface area (Å²) in [7, 11) is 0. The molecular formula is C17H13BrN4O2. The smallest absolute Gasteiger partial charge is 0.292 e. The molecule has 0 fully saturated rings. The Kier molecular flexibility index (Phi) is 2.87. The lowest BCUT2D eigenvalue weighted by Crippen LogP contribution is -2.03. The average molecular weight is 385 g/mol. The Labute approximate surface area is 145 Å². The van der Waals surface area contributed by atoms with Crippen molar-refractivity contribution in [1.82, 2.24) is 14.8 Å². The SMILES string of the molecule is Nc1nc2cc(-n3nc4cc(Br)cc5c4c3CCCO5)ccc2o1. The molecule has 0 bridgehead atoms. The third-order valence-electron chi connectivity index (χ3n) is 4.25. The van der Waals surface area contributed by atoms with Crippen molar-refractivity contribution in [1.29, 1.82) is 0 Å². The third-order valence-corrected chi connectivity index (χ3v) is 4.70. The van der Waals surface area contributed by atoms with Crippen molar-refractivity contribution in [2.45, 2.75) is 12.8 Å². The van der Waals surface area contributed by atoms with Crippen molar-refractivity contribution in [3.8, 4) is 11.4 Å². The second-order valence-corrected chi connectivity index (χ2v) is 6.73. The van der Waals surface area contributed by atoms with Crippen LogP contribution in [0.4, 0.5) is 6.01 Å². The van der Waals surface area contributed by atoms with Gasteiger partial charge >= 0.3 is 0 Å². The molecule has 1 aliphatic heterocycles. The highest BCUT2D eigenvalue weighted by Crippen LogP contribution is 2.36. The highest BCUT2D eigenvalue weighted by atomic mass is 79.9. The highest BCUT2D eigenvalue weighted by Gasteiger charge is 2.20. The van der Waals surface area contributed by atoms with Crippen molar-refractivity contribution in [2.75, 3.05) is 12.3 Å². The molecule has 0 saturated carbocycles. The summed E-state index contributed by atoms with van der Waals surface area (Å²) in [5.41, 5.74) is 10.0. The van der Waals surface area contributed by atoms with Gasteiger partial charge in [0.2, 0.25) is 0 Å². The van der Waals surface area contributed by atoms with Crippen LogP contribution in [-0.4, -0.2) is 21.4 Å². The van der Waals surface area contributed by atoms with Gasteiger partial charge in [-0.3, -0.25) is 0 Å². The van der Waals surface area contributed by atoms with Crippen LogP contribution >= 0.6 is 15.9 Å². The van der Waals surface area contributed by atoms with Crippen LogP contribution < -0.4 is 10.5 Å². The van der Waals surface area contributed by atoms with E-state index in [1.54, 1.807) is 0 Å². The summed E-state index contributed by atoms with van der Waals surface area (Å²) in [5.74, 6) is 0.880. The van der Waals surface area contributed by atoms with Crippen molar-refractivity contribution < 1.29 is 9.15 Å². The summed E-state index contributed by atoms with van der Waals surface area (Å²) in [6, 6.07) is 9.97. The number of aryl methyl sites for hydroxylation is 1. The second kappa shape index (κ2) is 4.98. The largest absolute Gasteiger partial charge is 0.493 e. The number of hydrogen-bond acceptors (Lipinski definition) is 5. The first-order chi connectivity index (χ1) is 11.7. The summed E-state index contributed by atoms with van der Waals surface area (Å²) in [6.07, 6.45) is 1.86. The molecular weight excluding hydrogens is 372 g/mol. The van der Waals surface area contributed by atoms with Crippen LogP contribution in [0.5, 0.6) is 5.75 Å². The molecule has 5 rings (SSSR count). The number of fused-ring (bicyclic) bond motifs is 1. The van der Waals surface area contributed by atoms with E-state index in [4.69, 9.17) is 20.0 Å². The second-order valence-electron chi connectivity index (χ2n) is 5.81. The normalized spacial score (nSPS) is 14.0. The maximum absolute atomic E-state index is 5.90. The lowest BCUT2D eigenvalue weighted by atomic mass is 10.1. The predicted molar refractivity (Wildman–Crippen MR) is 94.6 cm³/mol. The van der Waals surface area contributed by atoms with E-state index in [9.17, 15) is 0 Å². The fourth-order valence-electron chi connectivity index (χ4n) is 3.26. The molecule has 2 aromatic heterocycles. The van der Waals surface area contributed by atoms with E-state index < -0.39 is 0 Å². The molecule has 0 saturated heterocycles. The van der Waals surface area contributed by atoms with Crippen molar-refractivity contribution in [2.24, 2.45) is 0 Å². The zero-order chi connectivity index (χ0) is 16.3. The molecule has 0 spiro atoms. The Morgan fingerprint density at radius 2 is 2.08 bits per heavy atom. The predicted octanol–water partition coefficient (Wildman–Crippen LogP) is 3.84. The molecule has 24 heavy (non-hydrogen) atoms. The van der Waals surface area contributed by atoms with E-state index in [0.29, 0.717) is 12.2 Å². The van der Waals surface area contributed by atoms with E-state index in [2.05, 4.69) is 20.9 Å². The fourth-order valence-corrected chi connectivity index (χ4v) is 3.68. The Morgan fingerprint density at radius 3 is 3.00 bits per heavy atom. The third kappa shape index (κ3) is 2.01. The number of nitrogens with zero attached hydrogens (tertiary/aromatic N) is 3. The average Bonchev–Trinajstić information content (AvgIpc) is 3.02. The lowest BCUT2D eigenvalue weighted by molar-refractivity contribution is 0.318. The molecule has 1 aliphatic rings. The molecule has 0 unspecified atom stereocenters. The van der Waals surface area contributed by atoms with Crippen LogP contribution in [-0.2, 0) is 6.42 Å². The minimum Gasteiger partial charge on any atom is -0.493 e. The van der Waals surface area contributed by atoms with Gasteiger partial charge in [-0.2, -0.15) is 10.1 Å². The maximum atomic E-state index is 5.90. The quantitative estimate of drug-likeness (QED) is 0.539. The Bertz CT molecular complexity index is 1100. The minimum atomic E-state index is 0.172. The van der Waals surface area contributed by atoms with Gasteiger partial charge in [0, 0.05) is 4.47 Å². The zero-order valence-corrected chi connectivity index (χ0v) is 14.2. The number of ether oxygens (including phenoxy) is 1. The van der Waals surface area contributed by atoms with Gasteiger partial charge in [0.1, 0.15) is 11.3 Å². The molecule has 0 atom stereocenters. The first-order valence-corrected chi connectivity index (χ1v) is 8.49. The van der Waals surface area contributed by atoms with E-state index in [1.807, 2.05) is 35.0 Å². The Balaban J connectivity index is 1.79.